The number of Topliss-reactive ketones (excluding diaryl/α,β-unsaturated/α-hetero) is 1. The highest BCUT2D eigenvalue weighted by atomic mass is 19.1. The molecule has 0 aliphatic carbocycles. The zero-order valence-corrected chi connectivity index (χ0v) is 10.7. The maximum atomic E-state index is 14.1. The van der Waals surface area contributed by atoms with E-state index in [9.17, 15) is 14.0 Å². The Hall–Kier alpha value is -1.95. The molecule has 1 amide bonds. The van der Waals surface area contributed by atoms with Gasteiger partial charge in [-0.2, -0.15) is 0 Å². The van der Waals surface area contributed by atoms with Crippen LogP contribution in [-0.4, -0.2) is 36.0 Å². The maximum absolute atomic E-state index is 14.1. The van der Waals surface area contributed by atoms with Gasteiger partial charge in [-0.15, -0.1) is 0 Å². The quantitative estimate of drug-likeness (QED) is 0.803. The van der Waals surface area contributed by atoms with Gasteiger partial charge in [-0.3, -0.25) is 9.59 Å². The predicted molar refractivity (Wildman–Crippen MR) is 68.9 cm³/mol. The number of hydrogen-bond acceptors (Lipinski definition) is 4. The lowest BCUT2D eigenvalue weighted by molar-refractivity contribution is -0.112. The highest BCUT2D eigenvalue weighted by Crippen LogP contribution is 2.31. The summed E-state index contributed by atoms with van der Waals surface area (Å²) in [4.78, 5) is 24.4. The van der Waals surface area contributed by atoms with E-state index >= 15 is 0 Å². The Morgan fingerprint density at radius 3 is 2.63 bits per heavy atom. The van der Waals surface area contributed by atoms with E-state index in [0.717, 1.165) is 6.07 Å². The number of aliphatic hydroxyl groups excluding tert-OH is 1. The number of ketones is 1. The van der Waals surface area contributed by atoms with Gasteiger partial charge in [0.2, 0.25) is 0 Å². The number of nitrogens with zero attached hydrogens (tertiary/aromatic N) is 1. The number of carbonyl (C=O) groups is 2. The number of nitrogens with one attached hydrogen (secondary N) is 1. The van der Waals surface area contributed by atoms with Gasteiger partial charge in [0.15, 0.2) is 0 Å². The number of rotatable bonds is 4. The standard InChI is InChI=1S/C13H15FN2O3/c1-7(2)16(3-4-17)11-6-10-8(5-9(11)14)12(18)13(19)15-10/h5-7,17H,3-4H2,1-2H3,(H,15,18,19). The van der Waals surface area contributed by atoms with Crippen LogP contribution in [0, 0.1) is 5.82 Å². The lowest BCUT2D eigenvalue weighted by atomic mass is 10.1. The zero-order chi connectivity index (χ0) is 14.2. The smallest absolute Gasteiger partial charge is 0.296 e. The second-order valence-electron chi connectivity index (χ2n) is 4.64. The van der Waals surface area contributed by atoms with E-state index in [1.54, 1.807) is 4.90 Å². The van der Waals surface area contributed by atoms with Gasteiger partial charge in [0.1, 0.15) is 5.82 Å². The molecule has 1 aliphatic rings. The van der Waals surface area contributed by atoms with Crippen LogP contribution < -0.4 is 10.2 Å². The van der Waals surface area contributed by atoms with Crippen LogP contribution in [0.3, 0.4) is 0 Å². The molecule has 6 heteroatoms. The molecule has 0 saturated heterocycles. The van der Waals surface area contributed by atoms with E-state index in [2.05, 4.69) is 5.32 Å². The summed E-state index contributed by atoms with van der Waals surface area (Å²) in [5.74, 6) is -2.05. The fourth-order valence-electron chi connectivity index (χ4n) is 2.14. The van der Waals surface area contributed by atoms with Gasteiger partial charge in [0, 0.05) is 12.6 Å². The third-order valence-electron chi connectivity index (χ3n) is 3.06. The molecule has 19 heavy (non-hydrogen) atoms. The van der Waals surface area contributed by atoms with Gasteiger partial charge >= 0.3 is 0 Å². The Labute approximate surface area is 110 Å². The van der Waals surface area contributed by atoms with Crippen molar-refractivity contribution in [1.82, 2.24) is 0 Å². The van der Waals surface area contributed by atoms with E-state index in [-0.39, 0.29) is 30.4 Å². The molecule has 0 atom stereocenters. The summed E-state index contributed by atoms with van der Waals surface area (Å²) in [6, 6.07) is 2.48. The third-order valence-corrected chi connectivity index (χ3v) is 3.06. The van der Waals surface area contributed by atoms with E-state index in [4.69, 9.17) is 5.11 Å². The van der Waals surface area contributed by atoms with E-state index in [1.807, 2.05) is 13.8 Å². The molecule has 5 nitrogen and oxygen atoms in total. The van der Waals surface area contributed by atoms with Crippen LogP contribution in [0.1, 0.15) is 24.2 Å². The lowest BCUT2D eigenvalue weighted by Crippen LogP contribution is -2.34. The predicted octanol–water partition coefficient (Wildman–Crippen LogP) is 1.17. The van der Waals surface area contributed by atoms with Crippen molar-refractivity contribution in [1.29, 1.82) is 0 Å². The number of benzene rings is 1. The van der Waals surface area contributed by atoms with Crippen molar-refractivity contribution < 1.29 is 19.1 Å². The summed E-state index contributed by atoms with van der Waals surface area (Å²) in [7, 11) is 0. The summed E-state index contributed by atoms with van der Waals surface area (Å²) < 4.78 is 14.1. The van der Waals surface area contributed by atoms with Gasteiger partial charge in [-0.1, -0.05) is 0 Å². The second-order valence-corrected chi connectivity index (χ2v) is 4.64. The first-order valence-electron chi connectivity index (χ1n) is 6.02. The zero-order valence-electron chi connectivity index (χ0n) is 10.7. The SMILES string of the molecule is CC(C)N(CCO)c1cc2c(cc1F)C(=O)C(=O)N2. The lowest BCUT2D eigenvalue weighted by Gasteiger charge is -2.29. The van der Waals surface area contributed by atoms with Crippen molar-refractivity contribution in [2.45, 2.75) is 19.9 Å². The molecule has 0 spiro atoms. The number of hydrogen-bond donors (Lipinski definition) is 2. The van der Waals surface area contributed by atoms with Crippen LogP contribution in [0.5, 0.6) is 0 Å². The van der Waals surface area contributed by atoms with Crippen molar-refractivity contribution in [3.8, 4) is 0 Å². The molecule has 1 heterocycles. The average molecular weight is 266 g/mol. The fraction of sp³-hybridized carbons (Fsp3) is 0.385. The van der Waals surface area contributed by atoms with Crippen LogP contribution in [-0.2, 0) is 4.79 Å². The molecule has 1 aromatic carbocycles. The summed E-state index contributed by atoms with van der Waals surface area (Å²) in [6.45, 7) is 3.90. The topological polar surface area (TPSA) is 69.6 Å². The number of anilines is 2. The molecule has 0 bridgehead atoms. The first-order chi connectivity index (χ1) is 8.95. The minimum absolute atomic E-state index is 0.0208. The minimum atomic E-state index is -0.746. The van der Waals surface area contributed by atoms with Crippen molar-refractivity contribution in [2.75, 3.05) is 23.4 Å². The van der Waals surface area contributed by atoms with Crippen LogP contribution in [0.15, 0.2) is 12.1 Å². The number of amides is 1. The summed E-state index contributed by atoms with van der Waals surface area (Å²) in [5, 5.41) is 11.4. The van der Waals surface area contributed by atoms with Crippen molar-refractivity contribution in [3.63, 3.8) is 0 Å². The van der Waals surface area contributed by atoms with Crippen LogP contribution in [0.25, 0.3) is 0 Å². The summed E-state index contributed by atoms with van der Waals surface area (Å²) in [6.07, 6.45) is 0. The highest BCUT2D eigenvalue weighted by Gasteiger charge is 2.30. The number of aliphatic hydroxyl groups is 1. The molecule has 0 fully saturated rings. The highest BCUT2D eigenvalue weighted by molar-refractivity contribution is 6.51. The van der Waals surface area contributed by atoms with Crippen molar-refractivity contribution >= 4 is 23.1 Å². The summed E-state index contributed by atoms with van der Waals surface area (Å²) in [5.41, 5.74) is 0.631. The molecule has 1 aromatic rings. The van der Waals surface area contributed by atoms with E-state index in [1.165, 1.54) is 6.07 Å². The third kappa shape index (κ3) is 2.31. The molecule has 0 radical (unpaired) electrons. The normalized spacial score (nSPS) is 13.7. The Balaban J connectivity index is 2.46. The largest absolute Gasteiger partial charge is 0.395 e. The molecule has 0 saturated carbocycles. The van der Waals surface area contributed by atoms with Crippen LogP contribution in [0.2, 0.25) is 0 Å². The molecule has 1 aliphatic heterocycles. The number of carbonyl (C=O) groups excluding carboxylic acids is 2. The minimum Gasteiger partial charge on any atom is -0.395 e. The number of fused-ring (bicyclic) bond motifs is 1. The molecular formula is C13H15FN2O3. The molecule has 2 rings (SSSR count). The molecule has 0 unspecified atom stereocenters. The van der Waals surface area contributed by atoms with Gasteiger partial charge in [0.05, 0.1) is 23.5 Å². The van der Waals surface area contributed by atoms with Crippen molar-refractivity contribution in [2.24, 2.45) is 0 Å². The fourth-order valence-corrected chi connectivity index (χ4v) is 2.14. The molecule has 0 aromatic heterocycles. The van der Waals surface area contributed by atoms with Gasteiger partial charge < -0.3 is 15.3 Å². The molecule has 2 N–H and O–H groups in total. The monoisotopic (exact) mass is 266 g/mol. The average Bonchev–Trinajstić information content (AvgIpc) is 2.62. The van der Waals surface area contributed by atoms with E-state index in [0.29, 0.717) is 5.69 Å². The van der Waals surface area contributed by atoms with Gasteiger partial charge in [0.25, 0.3) is 11.7 Å². The first kappa shape index (κ1) is 13.5. The molecular weight excluding hydrogens is 251 g/mol. The Morgan fingerprint density at radius 2 is 2.05 bits per heavy atom. The van der Waals surface area contributed by atoms with Crippen molar-refractivity contribution in [3.05, 3.63) is 23.5 Å². The Kier molecular flexibility index (Phi) is 3.53. The Morgan fingerprint density at radius 1 is 1.37 bits per heavy atom. The maximum Gasteiger partial charge on any atom is 0.296 e. The van der Waals surface area contributed by atoms with Crippen LogP contribution in [0.4, 0.5) is 15.8 Å². The Bertz CT molecular complexity index is 543. The summed E-state index contributed by atoms with van der Waals surface area (Å²) >= 11 is 0. The second kappa shape index (κ2) is 4.97. The van der Waals surface area contributed by atoms with Gasteiger partial charge in [-0.25, -0.2) is 4.39 Å². The van der Waals surface area contributed by atoms with E-state index < -0.39 is 17.5 Å². The van der Waals surface area contributed by atoms with Crippen LogP contribution >= 0.6 is 0 Å². The first-order valence-corrected chi connectivity index (χ1v) is 6.02. The molecule has 102 valence electrons. The number of halogens is 1. The van der Waals surface area contributed by atoms with Gasteiger partial charge in [-0.05, 0) is 26.0 Å².